The predicted molar refractivity (Wildman–Crippen MR) is 89.9 cm³/mol. The third-order valence-corrected chi connectivity index (χ3v) is 3.23. The van der Waals surface area contributed by atoms with Crippen molar-refractivity contribution < 1.29 is 14.5 Å². The van der Waals surface area contributed by atoms with Crippen molar-refractivity contribution in [3.63, 3.8) is 0 Å². The zero-order valence-corrected chi connectivity index (χ0v) is 14.9. The number of carbonyl (C=O) groups excluding carboxylic acids is 1. The fourth-order valence-electron chi connectivity index (χ4n) is 2.65. The molecule has 0 bridgehead atoms. The summed E-state index contributed by atoms with van der Waals surface area (Å²) in [7, 11) is 0. The minimum atomic E-state index is -0.544. The first-order chi connectivity index (χ1) is 10.4. The molecule has 0 aliphatic heterocycles. The molecule has 0 atom stereocenters. The van der Waals surface area contributed by atoms with Crippen LogP contribution in [0.1, 0.15) is 41.0 Å². The van der Waals surface area contributed by atoms with E-state index >= 15 is 0 Å². The maximum Gasteiger partial charge on any atom is 0.271 e. The van der Waals surface area contributed by atoms with Gasteiger partial charge in [-0.2, -0.15) is 0 Å². The molecule has 6 nitrogen and oxygen atoms in total. The highest BCUT2D eigenvalue weighted by Gasteiger charge is 2.27. The SMILES string of the molecule is CC(C)(C)CC(C)(C)NC(=O)COc1ccc([N+](=O)[O-])cc1Cl. The van der Waals surface area contributed by atoms with E-state index in [1.807, 2.05) is 13.8 Å². The molecular weight excluding hydrogens is 320 g/mol. The van der Waals surface area contributed by atoms with Crippen LogP contribution in [0.3, 0.4) is 0 Å². The molecule has 0 aliphatic rings. The minimum absolute atomic E-state index is 0.0826. The molecular formula is C16H23ClN2O4. The van der Waals surface area contributed by atoms with Gasteiger partial charge in [-0.1, -0.05) is 32.4 Å². The van der Waals surface area contributed by atoms with Crippen LogP contribution in [0.4, 0.5) is 5.69 Å². The number of hydrogen-bond donors (Lipinski definition) is 1. The number of nitrogens with zero attached hydrogens (tertiary/aromatic N) is 1. The molecule has 7 heteroatoms. The van der Waals surface area contributed by atoms with Crippen LogP contribution in [-0.4, -0.2) is 23.0 Å². The first-order valence-corrected chi connectivity index (χ1v) is 7.65. The predicted octanol–water partition coefficient (Wildman–Crippen LogP) is 3.96. The lowest BCUT2D eigenvalue weighted by Gasteiger charge is -2.33. The van der Waals surface area contributed by atoms with Gasteiger partial charge in [0, 0.05) is 17.7 Å². The fourth-order valence-corrected chi connectivity index (χ4v) is 2.88. The van der Waals surface area contributed by atoms with Crippen LogP contribution in [0, 0.1) is 15.5 Å². The summed E-state index contributed by atoms with van der Waals surface area (Å²) in [5, 5.41) is 13.7. The lowest BCUT2D eigenvalue weighted by molar-refractivity contribution is -0.384. The number of ether oxygens (including phenoxy) is 1. The lowest BCUT2D eigenvalue weighted by Crippen LogP contribution is -2.47. The Kier molecular flexibility index (Phi) is 5.99. The van der Waals surface area contributed by atoms with E-state index < -0.39 is 4.92 Å². The highest BCUT2D eigenvalue weighted by molar-refractivity contribution is 6.32. The van der Waals surface area contributed by atoms with Gasteiger partial charge in [0.25, 0.3) is 11.6 Å². The van der Waals surface area contributed by atoms with Crippen molar-refractivity contribution in [1.29, 1.82) is 0 Å². The van der Waals surface area contributed by atoms with Crippen LogP contribution >= 0.6 is 11.6 Å². The highest BCUT2D eigenvalue weighted by atomic mass is 35.5. The molecule has 0 aromatic heterocycles. The Morgan fingerprint density at radius 1 is 1.30 bits per heavy atom. The molecule has 1 aromatic carbocycles. The summed E-state index contributed by atoms with van der Waals surface area (Å²) in [6, 6.07) is 3.86. The van der Waals surface area contributed by atoms with Gasteiger partial charge in [-0.15, -0.1) is 0 Å². The lowest BCUT2D eigenvalue weighted by atomic mass is 9.82. The Bertz CT molecular complexity index is 594. The van der Waals surface area contributed by atoms with Gasteiger partial charge in [0.05, 0.1) is 9.95 Å². The van der Waals surface area contributed by atoms with Crippen LogP contribution < -0.4 is 10.1 Å². The molecule has 0 aliphatic carbocycles. The quantitative estimate of drug-likeness (QED) is 0.626. The van der Waals surface area contributed by atoms with Gasteiger partial charge in [-0.3, -0.25) is 14.9 Å². The summed E-state index contributed by atoms with van der Waals surface area (Å²) >= 11 is 5.92. The summed E-state index contributed by atoms with van der Waals surface area (Å²) in [5.41, 5.74) is -0.407. The number of amides is 1. The van der Waals surface area contributed by atoms with Gasteiger partial charge in [-0.05, 0) is 31.7 Å². The van der Waals surface area contributed by atoms with E-state index in [4.69, 9.17) is 16.3 Å². The van der Waals surface area contributed by atoms with Crippen LogP contribution in [-0.2, 0) is 4.79 Å². The number of rotatable bonds is 6. The standard InChI is InChI=1S/C16H23ClN2O4/c1-15(2,3)10-16(4,5)18-14(20)9-23-13-7-6-11(19(21)22)8-12(13)17/h6-8H,9-10H2,1-5H3,(H,18,20). The molecule has 1 amide bonds. The molecule has 1 aromatic rings. The van der Waals surface area contributed by atoms with E-state index in [1.165, 1.54) is 18.2 Å². The van der Waals surface area contributed by atoms with E-state index in [1.54, 1.807) is 0 Å². The van der Waals surface area contributed by atoms with Crippen molar-refractivity contribution in [3.05, 3.63) is 33.3 Å². The largest absolute Gasteiger partial charge is 0.482 e. The Labute approximate surface area is 141 Å². The van der Waals surface area contributed by atoms with Crippen molar-refractivity contribution in [2.75, 3.05) is 6.61 Å². The Balaban J connectivity index is 2.61. The van der Waals surface area contributed by atoms with E-state index in [-0.39, 0.29) is 39.9 Å². The minimum Gasteiger partial charge on any atom is -0.482 e. The Morgan fingerprint density at radius 2 is 1.91 bits per heavy atom. The zero-order valence-electron chi connectivity index (χ0n) is 14.1. The second kappa shape index (κ2) is 7.17. The summed E-state index contributed by atoms with van der Waals surface area (Å²) in [6.07, 6.45) is 0.810. The molecule has 0 saturated heterocycles. The summed E-state index contributed by atoms with van der Waals surface area (Å²) < 4.78 is 5.34. The van der Waals surface area contributed by atoms with Crippen LogP contribution in [0.2, 0.25) is 5.02 Å². The molecule has 128 valence electrons. The molecule has 0 spiro atoms. The van der Waals surface area contributed by atoms with Gasteiger partial charge in [0.2, 0.25) is 0 Å². The molecule has 1 N–H and O–H groups in total. The smallest absolute Gasteiger partial charge is 0.271 e. The molecule has 1 rings (SSSR count). The molecule has 0 heterocycles. The van der Waals surface area contributed by atoms with Crippen LogP contribution in [0.25, 0.3) is 0 Å². The number of benzene rings is 1. The van der Waals surface area contributed by atoms with E-state index in [9.17, 15) is 14.9 Å². The average Bonchev–Trinajstić information content (AvgIpc) is 2.33. The average molecular weight is 343 g/mol. The second-order valence-corrected chi connectivity index (χ2v) is 7.74. The van der Waals surface area contributed by atoms with Gasteiger partial charge in [-0.25, -0.2) is 0 Å². The summed E-state index contributed by atoms with van der Waals surface area (Å²) in [4.78, 5) is 22.1. The summed E-state index contributed by atoms with van der Waals surface area (Å²) in [6.45, 7) is 10.0. The Hall–Kier alpha value is -1.82. The number of nitrogens with one attached hydrogen (secondary N) is 1. The fraction of sp³-hybridized carbons (Fsp3) is 0.562. The third-order valence-electron chi connectivity index (χ3n) is 2.94. The monoisotopic (exact) mass is 342 g/mol. The van der Waals surface area contributed by atoms with Crippen molar-refractivity contribution in [2.24, 2.45) is 5.41 Å². The molecule has 0 fully saturated rings. The van der Waals surface area contributed by atoms with Gasteiger partial charge >= 0.3 is 0 Å². The van der Waals surface area contributed by atoms with E-state index in [2.05, 4.69) is 26.1 Å². The normalized spacial score (nSPS) is 11.9. The molecule has 0 saturated carbocycles. The first kappa shape index (κ1) is 19.2. The topological polar surface area (TPSA) is 81.5 Å². The highest BCUT2D eigenvalue weighted by Crippen LogP contribution is 2.29. The second-order valence-electron chi connectivity index (χ2n) is 7.33. The van der Waals surface area contributed by atoms with Gasteiger partial charge in [0.15, 0.2) is 6.61 Å². The number of halogens is 1. The zero-order chi connectivity index (χ0) is 17.8. The molecule has 0 unspecified atom stereocenters. The first-order valence-electron chi connectivity index (χ1n) is 7.27. The Morgan fingerprint density at radius 3 is 2.39 bits per heavy atom. The van der Waals surface area contributed by atoms with Crippen molar-refractivity contribution >= 4 is 23.2 Å². The van der Waals surface area contributed by atoms with Crippen LogP contribution in [0.15, 0.2) is 18.2 Å². The van der Waals surface area contributed by atoms with E-state index in [0.717, 1.165) is 6.42 Å². The third kappa shape index (κ3) is 6.86. The molecule has 0 radical (unpaired) electrons. The van der Waals surface area contributed by atoms with Crippen molar-refractivity contribution in [3.8, 4) is 5.75 Å². The van der Waals surface area contributed by atoms with Crippen molar-refractivity contribution in [2.45, 2.75) is 46.6 Å². The number of nitro groups is 1. The maximum atomic E-state index is 12.0. The number of hydrogen-bond acceptors (Lipinski definition) is 4. The summed E-state index contributed by atoms with van der Waals surface area (Å²) in [5.74, 6) is -0.0327. The van der Waals surface area contributed by atoms with Gasteiger partial charge < -0.3 is 10.1 Å². The van der Waals surface area contributed by atoms with Crippen molar-refractivity contribution in [1.82, 2.24) is 5.32 Å². The maximum absolute atomic E-state index is 12.0. The molecule has 23 heavy (non-hydrogen) atoms. The number of nitro benzene ring substituents is 1. The number of carbonyl (C=O) groups is 1. The number of non-ortho nitro benzene ring substituents is 1. The van der Waals surface area contributed by atoms with Gasteiger partial charge in [0.1, 0.15) is 5.75 Å². The van der Waals surface area contributed by atoms with E-state index in [0.29, 0.717) is 0 Å². The van der Waals surface area contributed by atoms with Crippen LogP contribution in [0.5, 0.6) is 5.75 Å².